The van der Waals surface area contributed by atoms with Crippen LogP contribution in [0.25, 0.3) is 0 Å². The van der Waals surface area contributed by atoms with Crippen LogP contribution >= 0.6 is 11.9 Å². The molecule has 1 heterocycles. The first-order valence-electron chi connectivity index (χ1n) is 9.32. The lowest BCUT2D eigenvalue weighted by Crippen LogP contribution is -2.43. The largest absolute Gasteiger partial charge is 0.507 e. The van der Waals surface area contributed by atoms with E-state index in [2.05, 4.69) is 26.1 Å². The van der Waals surface area contributed by atoms with Crippen LogP contribution in [0.15, 0.2) is 47.4 Å². The van der Waals surface area contributed by atoms with Crippen LogP contribution in [0.3, 0.4) is 0 Å². The van der Waals surface area contributed by atoms with E-state index in [0.717, 1.165) is 37.6 Å². The molecule has 2 aromatic carbocycles. The van der Waals surface area contributed by atoms with Crippen LogP contribution in [-0.2, 0) is 4.74 Å². The number of benzene rings is 2. The molecule has 0 spiro atoms. The summed E-state index contributed by atoms with van der Waals surface area (Å²) in [7, 11) is 1.30. The lowest BCUT2D eigenvalue weighted by Gasteiger charge is -2.35. The lowest BCUT2D eigenvalue weighted by molar-refractivity contribution is 0.0597. The number of piperazine rings is 1. The molecule has 0 aliphatic carbocycles. The fourth-order valence-electron chi connectivity index (χ4n) is 3.04. The highest BCUT2D eigenvalue weighted by Crippen LogP contribution is 2.29. The minimum Gasteiger partial charge on any atom is -0.507 e. The van der Waals surface area contributed by atoms with Crippen molar-refractivity contribution in [2.45, 2.75) is 24.8 Å². The molecule has 7 heteroatoms. The summed E-state index contributed by atoms with van der Waals surface area (Å²) in [6, 6.07) is 13.3. The minimum atomic E-state index is -0.532. The van der Waals surface area contributed by atoms with E-state index in [-0.39, 0.29) is 17.4 Å². The van der Waals surface area contributed by atoms with E-state index >= 15 is 0 Å². The van der Waals surface area contributed by atoms with E-state index in [1.807, 2.05) is 32.0 Å². The maximum absolute atomic E-state index is 11.6. The highest BCUT2D eigenvalue weighted by atomic mass is 32.2. The SMILES string of the molecule is COC(=O)c1ccc(N2CCN(Sc3ccc(OC(C)C)cc3)CC2)cc1O. The van der Waals surface area contributed by atoms with Crippen molar-refractivity contribution in [2.24, 2.45) is 0 Å². The fourth-order valence-corrected chi connectivity index (χ4v) is 3.94. The number of methoxy groups -OCH3 is 1. The Labute approximate surface area is 170 Å². The second-order valence-electron chi connectivity index (χ2n) is 6.84. The van der Waals surface area contributed by atoms with E-state index in [0.29, 0.717) is 0 Å². The highest BCUT2D eigenvalue weighted by Gasteiger charge is 2.20. The van der Waals surface area contributed by atoms with Gasteiger partial charge in [-0.2, -0.15) is 0 Å². The number of nitrogens with zero attached hydrogens (tertiary/aromatic N) is 2. The van der Waals surface area contributed by atoms with Gasteiger partial charge in [0.2, 0.25) is 0 Å². The molecule has 0 atom stereocenters. The normalized spacial score (nSPS) is 14.9. The zero-order valence-electron chi connectivity index (χ0n) is 16.4. The molecule has 0 aromatic heterocycles. The predicted octanol–water partition coefficient (Wildman–Crippen LogP) is 3.80. The number of phenols is 1. The van der Waals surface area contributed by atoms with Gasteiger partial charge in [-0.3, -0.25) is 0 Å². The molecule has 1 aliphatic heterocycles. The molecule has 0 unspecified atom stereocenters. The Morgan fingerprint density at radius 1 is 1.07 bits per heavy atom. The van der Waals surface area contributed by atoms with Gasteiger partial charge < -0.3 is 19.5 Å². The predicted molar refractivity (Wildman–Crippen MR) is 111 cm³/mol. The summed E-state index contributed by atoms with van der Waals surface area (Å²) in [4.78, 5) is 15.0. The summed E-state index contributed by atoms with van der Waals surface area (Å²) in [5.41, 5.74) is 1.09. The molecule has 0 bridgehead atoms. The first-order chi connectivity index (χ1) is 13.5. The van der Waals surface area contributed by atoms with Gasteiger partial charge in [-0.1, -0.05) is 0 Å². The smallest absolute Gasteiger partial charge is 0.341 e. The summed E-state index contributed by atoms with van der Waals surface area (Å²) < 4.78 is 12.7. The first kappa shape index (κ1) is 20.4. The third-order valence-corrected chi connectivity index (χ3v) is 5.53. The number of rotatable bonds is 6. The number of phenolic OH excluding ortho intramolecular Hbond substituents is 1. The van der Waals surface area contributed by atoms with E-state index in [4.69, 9.17) is 4.74 Å². The van der Waals surface area contributed by atoms with E-state index in [1.165, 1.54) is 12.0 Å². The molecule has 28 heavy (non-hydrogen) atoms. The van der Waals surface area contributed by atoms with E-state index in [9.17, 15) is 9.90 Å². The lowest BCUT2D eigenvalue weighted by atomic mass is 10.1. The average Bonchev–Trinajstić information content (AvgIpc) is 2.69. The van der Waals surface area contributed by atoms with Gasteiger partial charge in [-0.25, -0.2) is 9.10 Å². The fraction of sp³-hybridized carbons (Fsp3) is 0.381. The molecule has 1 saturated heterocycles. The molecule has 150 valence electrons. The van der Waals surface area contributed by atoms with Crippen LogP contribution in [0.5, 0.6) is 11.5 Å². The van der Waals surface area contributed by atoms with Crippen LogP contribution in [0, 0.1) is 0 Å². The van der Waals surface area contributed by atoms with Gasteiger partial charge >= 0.3 is 5.97 Å². The van der Waals surface area contributed by atoms with Crippen LogP contribution in [0.2, 0.25) is 0 Å². The van der Waals surface area contributed by atoms with Gasteiger partial charge in [0.25, 0.3) is 0 Å². The minimum absolute atomic E-state index is 0.0511. The second kappa shape index (κ2) is 9.21. The summed E-state index contributed by atoms with van der Waals surface area (Å²) in [6.07, 6.45) is 0.174. The maximum Gasteiger partial charge on any atom is 0.341 e. The number of hydrogen-bond acceptors (Lipinski definition) is 7. The Morgan fingerprint density at radius 2 is 1.75 bits per heavy atom. The summed E-state index contributed by atoms with van der Waals surface area (Å²) in [6.45, 7) is 7.52. The number of anilines is 1. The molecular formula is C21H26N2O4S. The Balaban J connectivity index is 1.54. The van der Waals surface area contributed by atoms with E-state index < -0.39 is 5.97 Å². The van der Waals surface area contributed by atoms with Gasteiger partial charge in [0.1, 0.15) is 17.1 Å². The molecule has 1 N–H and O–H groups in total. The highest BCUT2D eigenvalue weighted by molar-refractivity contribution is 7.97. The molecule has 0 saturated carbocycles. The molecule has 1 fully saturated rings. The molecule has 6 nitrogen and oxygen atoms in total. The van der Waals surface area contributed by atoms with Crippen molar-refractivity contribution in [1.29, 1.82) is 0 Å². The van der Waals surface area contributed by atoms with Crippen molar-refractivity contribution in [3.8, 4) is 11.5 Å². The standard InChI is InChI=1S/C21H26N2O4S/c1-15(2)27-17-5-7-18(8-6-17)28-23-12-10-22(11-13-23)16-4-9-19(20(24)14-16)21(25)26-3/h4-9,14-15,24H,10-13H2,1-3H3. The molecule has 3 rings (SSSR count). The number of aromatic hydroxyl groups is 1. The summed E-state index contributed by atoms with van der Waals surface area (Å²) in [5, 5.41) is 10.1. The summed E-state index contributed by atoms with van der Waals surface area (Å²) in [5.74, 6) is 0.305. The zero-order chi connectivity index (χ0) is 20.1. The van der Waals surface area contributed by atoms with Crippen LogP contribution in [0.1, 0.15) is 24.2 Å². The molecular weight excluding hydrogens is 376 g/mol. The van der Waals surface area contributed by atoms with Gasteiger partial charge in [-0.15, -0.1) is 0 Å². The zero-order valence-corrected chi connectivity index (χ0v) is 17.2. The Morgan fingerprint density at radius 3 is 2.32 bits per heavy atom. The molecule has 2 aromatic rings. The first-order valence-corrected chi connectivity index (χ1v) is 10.1. The third kappa shape index (κ3) is 5.11. The number of carbonyl (C=O) groups is 1. The molecule has 0 radical (unpaired) electrons. The molecule has 0 amide bonds. The Kier molecular flexibility index (Phi) is 6.70. The van der Waals surface area contributed by atoms with Crippen molar-refractivity contribution in [2.75, 3.05) is 38.2 Å². The van der Waals surface area contributed by atoms with Crippen molar-refractivity contribution in [3.05, 3.63) is 48.0 Å². The van der Waals surface area contributed by atoms with Crippen LogP contribution in [-0.4, -0.2) is 54.8 Å². The number of esters is 1. The second-order valence-corrected chi connectivity index (χ2v) is 8.01. The average molecular weight is 403 g/mol. The number of carbonyl (C=O) groups excluding carboxylic acids is 1. The number of ether oxygens (including phenoxy) is 2. The van der Waals surface area contributed by atoms with Crippen molar-refractivity contribution in [3.63, 3.8) is 0 Å². The van der Waals surface area contributed by atoms with Crippen LogP contribution in [0.4, 0.5) is 5.69 Å². The van der Waals surface area contributed by atoms with Crippen molar-refractivity contribution >= 4 is 23.6 Å². The van der Waals surface area contributed by atoms with Gasteiger partial charge in [-0.05, 0) is 62.2 Å². The molecule has 1 aliphatic rings. The van der Waals surface area contributed by atoms with Crippen molar-refractivity contribution < 1.29 is 19.4 Å². The van der Waals surface area contributed by atoms with Gasteiger partial charge in [0.05, 0.1) is 13.2 Å². The Bertz CT molecular complexity index is 803. The summed E-state index contributed by atoms with van der Waals surface area (Å²) >= 11 is 1.74. The van der Waals surface area contributed by atoms with E-state index in [1.54, 1.807) is 24.1 Å². The van der Waals surface area contributed by atoms with Crippen LogP contribution < -0.4 is 9.64 Å². The Hall–Kier alpha value is -2.38. The maximum atomic E-state index is 11.6. The third-order valence-electron chi connectivity index (χ3n) is 4.42. The van der Waals surface area contributed by atoms with Crippen molar-refractivity contribution in [1.82, 2.24) is 4.31 Å². The monoisotopic (exact) mass is 402 g/mol. The quantitative estimate of drug-likeness (QED) is 0.582. The topological polar surface area (TPSA) is 62.2 Å². The van der Waals surface area contributed by atoms with Gasteiger partial charge in [0.15, 0.2) is 0 Å². The van der Waals surface area contributed by atoms with Gasteiger partial charge in [0, 0.05) is 42.8 Å². The number of hydrogen-bond donors (Lipinski definition) is 1.